The highest BCUT2D eigenvalue weighted by Crippen LogP contribution is 2.47. The van der Waals surface area contributed by atoms with Crippen LogP contribution in [0, 0.1) is 0 Å². The Labute approximate surface area is 145 Å². The summed E-state index contributed by atoms with van der Waals surface area (Å²) in [5.74, 6) is 0.328. The Kier molecular flexibility index (Phi) is 4.49. The fourth-order valence-electron chi connectivity index (χ4n) is 3.83. The van der Waals surface area contributed by atoms with Crippen LogP contribution < -0.4 is 10.2 Å². The zero-order valence-electron chi connectivity index (χ0n) is 12.9. The van der Waals surface area contributed by atoms with Gasteiger partial charge in [0.2, 0.25) is 0 Å². The van der Waals surface area contributed by atoms with E-state index in [0.29, 0.717) is 11.6 Å². The molecule has 1 fully saturated rings. The SMILES string of the molecule is Cl.FC(F)(F)c1cccc(N2c3ccccc3[C@@H]3CNCC[C@H]32)c1. The summed E-state index contributed by atoms with van der Waals surface area (Å²) in [6.07, 6.45) is -3.39. The second-order valence-corrected chi connectivity index (χ2v) is 6.14. The van der Waals surface area contributed by atoms with Gasteiger partial charge in [-0.3, -0.25) is 0 Å². The van der Waals surface area contributed by atoms with E-state index in [4.69, 9.17) is 0 Å². The van der Waals surface area contributed by atoms with Crippen molar-refractivity contribution in [3.05, 3.63) is 59.7 Å². The molecule has 0 radical (unpaired) electrons. The van der Waals surface area contributed by atoms with Crippen LogP contribution in [0.1, 0.15) is 23.5 Å². The lowest BCUT2D eigenvalue weighted by Gasteiger charge is -2.34. The van der Waals surface area contributed by atoms with Crippen LogP contribution in [0.3, 0.4) is 0 Å². The van der Waals surface area contributed by atoms with Gasteiger partial charge >= 0.3 is 6.18 Å². The van der Waals surface area contributed by atoms with Gasteiger partial charge in [0.15, 0.2) is 0 Å². The Morgan fingerprint density at radius 3 is 2.62 bits per heavy atom. The Morgan fingerprint density at radius 2 is 1.83 bits per heavy atom. The fraction of sp³-hybridized carbons (Fsp3) is 0.333. The third-order valence-corrected chi connectivity index (χ3v) is 4.82. The second-order valence-electron chi connectivity index (χ2n) is 6.14. The van der Waals surface area contributed by atoms with Crippen molar-refractivity contribution in [2.24, 2.45) is 0 Å². The van der Waals surface area contributed by atoms with Crippen molar-refractivity contribution in [2.75, 3.05) is 18.0 Å². The van der Waals surface area contributed by atoms with Crippen molar-refractivity contribution in [3.63, 3.8) is 0 Å². The third-order valence-electron chi connectivity index (χ3n) is 4.82. The normalized spacial score (nSPS) is 22.5. The number of rotatable bonds is 1. The maximum Gasteiger partial charge on any atom is 0.416 e. The van der Waals surface area contributed by atoms with E-state index in [1.54, 1.807) is 6.07 Å². The number of para-hydroxylation sites is 1. The molecule has 0 aliphatic carbocycles. The molecule has 2 nitrogen and oxygen atoms in total. The minimum absolute atomic E-state index is 0. The highest BCUT2D eigenvalue weighted by Gasteiger charge is 2.41. The van der Waals surface area contributed by atoms with Gasteiger partial charge in [-0.2, -0.15) is 13.2 Å². The predicted octanol–water partition coefficient (Wildman–Crippen LogP) is 4.72. The minimum atomic E-state index is -4.32. The van der Waals surface area contributed by atoms with Crippen LogP contribution in [0.2, 0.25) is 0 Å². The molecule has 2 aliphatic heterocycles. The van der Waals surface area contributed by atoms with Gasteiger partial charge in [-0.15, -0.1) is 12.4 Å². The number of alkyl halides is 3. The maximum absolute atomic E-state index is 13.1. The van der Waals surface area contributed by atoms with E-state index in [-0.39, 0.29) is 18.4 Å². The number of piperidine rings is 1. The Morgan fingerprint density at radius 1 is 1.04 bits per heavy atom. The molecule has 6 heteroatoms. The maximum atomic E-state index is 13.1. The molecule has 0 saturated carbocycles. The molecule has 2 heterocycles. The number of anilines is 2. The lowest BCUT2D eigenvalue weighted by atomic mass is 9.90. The van der Waals surface area contributed by atoms with Gasteiger partial charge in [0, 0.05) is 29.9 Å². The van der Waals surface area contributed by atoms with Crippen molar-refractivity contribution in [3.8, 4) is 0 Å². The number of nitrogens with zero attached hydrogens (tertiary/aromatic N) is 1. The van der Waals surface area contributed by atoms with Gasteiger partial charge in [0.25, 0.3) is 0 Å². The second kappa shape index (κ2) is 6.30. The molecule has 0 aromatic heterocycles. The molecular formula is C18H18ClF3N2. The van der Waals surface area contributed by atoms with Crippen LogP contribution in [0.4, 0.5) is 24.5 Å². The minimum Gasteiger partial charge on any atom is -0.337 e. The molecule has 0 amide bonds. The standard InChI is InChI=1S/C18H17F3N2.ClH/c19-18(20,21)12-4-3-5-13(10-12)23-16-7-2-1-6-14(16)15-11-22-9-8-17(15)23;/h1-7,10,15,17,22H,8-9,11H2;1H/t15-,17+;/m0./s1. The summed E-state index contributed by atoms with van der Waals surface area (Å²) >= 11 is 0. The van der Waals surface area contributed by atoms with Gasteiger partial charge in [-0.1, -0.05) is 24.3 Å². The molecule has 128 valence electrons. The number of hydrogen-bond donors (Lipinski definition) is 1. The first kappa shape index (κ1) is 17.1. The molecule has 1 saturated heterocycles. The molecule has 1 N–H and O–H groups in total. The number of halogens is 4. The molecule has 2 aliphatic rings. The van der Waals surface area contributed by atoms with Crippen molar-refractivity contribution in [1.29, 1.82) is 0 Å². The van der Waals surface area contributed by atoms with E-state index in [9.17, 15) is 13.2 Å². The lowest BCUT2D eigenvalue weighted by molar-refractivity contribution is -0.137. The summed E-state index contributed by atoms with van der Waals surface area (Å²) in [6.45, 7) is 1.77. The molecular weight excluding hydrogens is 337 g/mol. The predicted molar refractivity (Wildman–Crippen MR) is 91.3 cm³/mol. The topological polar surface area (TPSA) is 15.3 Å². The average Bonchev–Trinajstić information content (AvgIpc) is 2.89. The molecule has 0 spiro atoms. The third kappa shape index (κ3) is 2.76. The summed E-state index contributed by atoms with van der Waals surface area (Å²) in [5, 5.41) is 3.40. The van der Waals surface area contributed by atoms with Gasteiger partial charge in [0.05, 0.1) is 5.56 Å². The van der Waals surface area contributed by atoms with E-state index in [2.05, 4.69) is 16.3 Å². The Hall–Kier alpha value is -1.72. The monoisotopic (exact) mass is 354 g/mol. The van der Waals surface area contributed by atoms with Crippen molar-refractivity contribution in [2.45, 2.75) is 24.6 Å². The molecule has 0 bridgehead atoms. The zero-order valence-corrected chi connectivity index (χ0v) is 13.7. The van der Waals surface area contributed by atoms with E-state index in [1.807, 2.05) is 18.2 Å². The van der Waals surface area contributed by atoms with Gasteiger partial charge in [-0.05, 0) is 42.8 Å². The largest absolute Gasteiger partial charge is 0.416 e. The summed E-state index contributed by atoms with van der Waals surface area (Å²) in [5.41, 5.74) is 2.29. The lowest BCUT2D eigenvalue weighted by Crippen LogP contribution is -2.42. The van der Waals surface area contributed by atoms with Gasteiger partial charge in [0.1, 0.15) is 0 Å². The van der Waals surface area contributed by atoms with E-state index < -0.39 is 11.7 Å². The zero-order chi connectivity index (χ0) is 16.0. The highest BCUT2D eigenvalue weighted by atomic mass is 35.5. The van der Waals surface area contributed by atoms with Crippen LogP contribution in [-0.4, -0.2) is 19.1 Å². The van der Waals surface area contributed by atoms with Crippen molar-refractivity contribution < 1.29 is 13.2 Å². The van der Waals surface area contributed by atoms with E-state index in [0.717, 1.165) is 31.3 Å². The number of fused-ring (bicyclic) bond motifs is 3. The van der Waals surface area contributed by atoms with Crippen molar-refractivity contribution >= 4 is 23.8 Å². The van der Waals surface area contributed by atoms with Crippen LogP contribution >= 0.6 is 12.4 Å². The smallest absolute Gasteiger partial charge is 0.337 e. The average molecular weight is 355 g/mol. The fourth-order valence-corrected chi connectivity index (χ4v) is 3.83. The first-order valence-electron chi connectivity index (χ1n) is 7.82. The molecule has 2 atom stereocenters. The summed E-state index contributed by atoms with van der Waals surface area (Å²) in [7, 11) is 0. The van der Waals surface area contributed by atoms with Gasteiger partial charge < -0.3 is 10.2 Å². The molecule has 4 rings (SSSR count). The van der Waals surface area contributed by atoms with Crippen LogP contribution in [0.5, 0.6) is 0 Å². The number of hydrogen-bond acceptors (Lipinski definition) is 2. The van der Waals surface area contributed by atoms with Crippen LogP contribution in [-0.2, 0) is 6.18 Å². The summed E-state index contributed by atoms with van der Waals surface area (Å²) in [4.78, 5) is 2.09. The summed E-state index contributed by atoms with van der Waals surface area (Å²) in [6, 6.07) is 13.9. The quantitative estimate of drug-likeness (QED) is 0.796. The highest BCUT2D eigenvalue weighted by molar-refractivity contribution is 5.85. The molecule has 2 aromatic rings. The van der Waals surface area contributed by atoms with E-state index in [1.165, 1.54) is 17.7 Å². The number of benzene rings is 2. The van der Waals surface area contributed by atoms with Crippen molar-refractivity contribution in [1.82, 2.24) is 5.32 Å². The molecule has 24 heavy (non-hydrogen) atoms. The first-order chi connectivity index (χ1) is 11.1. The van der Waals surface area contributed by atoms with Gasteiger partial charge in [-0.25, -0.2) is 0 Å². The first-order valence-corrected chi connectivity index (χ1v) is 7.82. The Bertz CT molecular complexity index is 732. The molecule has 2 aromatic carbocycles. The van der Waals surface area contributed by atoms with Crippen LogP contribution in [0.25, 0.3) is 0 Å². The van der Waals surface area contributed by atoms with E-state index >= 15 is 0 Å². The Balaban J connectivity index is 0.00000169. The number of nitrogens with one attached hydrogen (secondary N) is 1. The molecule has 0 unspecified atom stereocenters. The summed E-state index contributed by atoms with van der Waals surface area (Å²) < 4.78 is 39.2. The van der Waals surface area contributed by atoms with Crippen LogP contribution in [0.15, 0.2) is 48.5 Å².